The van der Waals surface area contributed by atoms with Crippen LogP contribution in [0.15, 0.2) is 0 Å². The molecule has 0 aromatic heterocycles. The van der Waals surface area contributed by atoms with E-state index in [-0.39, 0.29) is 17.9 Å². The lowest BCUT2D eigenvalue weighted by Gasteiger charge is -2.29. The van der Waals surface area contributed by atoms with Crippen molar-refractivity contribution in [3.05, 3.63) is 0 Å². The standard InChI is InChI=1S/C12H22N2O3/c1-9(2)13-11(15)5-8-14-6-3-10(4-7-14)12(16)17/h9-10H,3-8H2,1-2H3,(H,13,15)(H,16,17). The van der Waals surface area contributed by atoms with Crippen LogP contribution in [0.25, 0.3) is 0 Å². The molecule has 1 heterocycles. The van der Waals surface area contributed by atoms with Crippen LogP contribution in [-0.4, -0.2) is 47.6 Å². The molecule has 0 unspecified atom stereocenters. The fraction of sp³-hybridized carbons (Fsp3) is 0.833. The van der Waals surface area contributed by atoms with Gasteiger partial charge < -0.3 is 15.3 Å². The Morgan fingerprint density at radius 2 is 1.94 bits per heavy atom. The summed E-state index contributed by atoms with van der Waals surface area (Å²) in [5, 5.41) is 11.7. The molecule has 0 saturated carbocycles. The van der Waals surface area contributed by atoms with Crippen LogP contribution in [0, 0.1) is 5.92 Å². The van der Waals surface area contributed by atoms with Gasteiger partial charge in [0.05, 0.1) is 5.92 Å². The predicted molar refractivity (Wildman–Crippen MR) is 64.7 cm³/mol. The Balaban J connectivity index is 2.18. The summed E-state index contributed by atoms with van der Waals surface area (Å²) in [5.41, 5.74) is 0. The highest BCUT2D eigenvalue weighted by atomic mass is 16.4. The molecule has 5 heteroatoms. The Morgan fingerprint density at radius 1 is 1.35 bits per heavy atom. The van der Waals surface area contributed by atoms with Gasteiger partial charge in [-0.3, -0.25) is 9.59 Å². The van der Waals surface area contributed by atoms with Gasteiger partial charge in [0.1, 0.15) is 0 Å². The van der Waals surface area contributed by atoms with Gasteiger partial charge in [0, 0.05) is 19.0 Å². The van der Waals surface area contributed by atoms with Crippen molar-refractivity contribution in [3.8, 4) is 0 Å². The van der Waals surface area contributed by atoms with Crippen molar-refractivity contribution in [3.63, 3.8) is 0 Å². The van der Waals surface area contributed by atoms with Crippen molar-refractivity contribution in [2.45, 2.75) is 39.2 Å². The van der Waals surface area contributed by atoms with Crippen molar-refractivity contribution in [2.75, 3.05) is 19.6 Å². The molecule has 1 aliphatic heterocycles. The highest BCUT2D eigenvalue weighted by Gasteiger charge is 2.24. The lowest BCUT2D eigenvalue weighted by atomic mass is 9.97. The fourth-order valence-corrected chi connectivity index (χ4v) is 2.06. The van der Waals surface area contributed by atoms with Crippen molar-refractivity contribution >= 4 is 11.9 Å². The largest absolute Gasteiger partial charge is 0.481 e. The third-order valence-corrected chi connectivity index (χ3v) is 3.04. The number of carboxylic acid groups (broad SMARTS) is 1. The van der Waals surface area contributed by atoms with Crippen LogP contribution >= 0.6 is 0 Å². The van der Waals surface area contributed by atoms with Gasteiger partial charge in [-0.25, -0.2) is 0 Å². The monoisotopic (exact) mass is 242 g/mol. The second kappa shape index (κ2) is 6.59. The van der Waals surface area contributed by atoms with Crippen LogP contribution in [0.2, 0.25) is 0 Å². The summed E-state index contributed by atoms with van der Waals surface area (Å²) >= 11 is 0. The number of aliphatic carboxylic acids is 1. The highest BCUT2D eigenvalue weighted by molar-refractivity contribution is 5.76. The van der Waals surface area contributed by atoms with Gasteiger partial charge in [-0.2, -0.15) is 0 Å². The lowest BCUT2D eigenvalue weighted by molar-refractivity contribution is -0.143. The van der Waals surface area contributed by atoms with Gasteiger partial charge in [-0.05, 0) is 39.8 Å². The minimum Gasteiger partial charge on any atom is -0.481 e. The van der Waals surface area contributed by atoms with E-state index in [1.165, 1.54) is 0 Å². The zero-order valence-corrected chi connectivity index (χ0v) is 10.6. The average Bonchev–Trinajstić information content (AvgIpc) is 2.26. The van der Waals surface area contributed by atoms with Crippen molar-refractivity contribution in [1.29, 1.82) is 0 Å². The van der Waals surface area contributed by atoms with Gasteiger partial charge in [0.2, 0.25) is 5.91 Å². The molecule has 0 aliphatic carbocycles. The molecule has 5 nitrogen and oxygen atoms in total. The summed E-state index contributed by atoms with van der Waals surface area (Å²) in [5.74, 6) is -0.821. The SMILES string of the molecule is CC(C)NC(=O)CCN1CCC(C(=O)O)CC1. The van der Waals surface area contributed by atoms with E-state index in [1.807, 2.05) is 13.8 Å². The molecule has 0 aromatic carbocycles. The molecule has 0 radical (unpaired) electrons. The average molecular weight is 242 g/mol. The zero-order valence-electron chi connectivity index (χ0n) is 10.6. The maximum absolute atomic E-state index is 11.4. The number of nitrogens with one attached hydrogen (secondary N) is 1. The predicted octanol–water partition coefficient (Wildman–Crippen LogP) is 0.698. The number of carbonyl (C=O) groups excluding carboxylic acids is 1. The number of piperidine rings is 1. The second-order valence-corrected chi connectivity index (χ2v) is 4.93. The summed E-state index contributed by atoms with van der Waals surface area (Å²) in [6.07, 6.45) is 1.89. The number of nitrogens with zero attached hydrogens (tertiary/aromatic N) is 1. The van der Waals surface area contributed by atoms with E-state index in [2.05, 4.69) is 10.2 Å². The molecule has 17 heavy (non-hydrogen) atoms. The highest BCUT2D eigenvalue weighted by Crippen LogP contribution is 2.17. The third kappa shape index (κ3) is 5.17. The van der Waals surface area contributed by atoms with Crippen LogP contribution < -0.4 is 5.32 Å². The molecule has 1 rings (SSSR count). The molecule has 2 N–H and O–H groups in total. The molecule has 1 amide bonds. The molecule has 0 atom stereocenters. The van der Waals surface area contributed by atoms with E-state index in [0.717, 1.165) is 19.6 Å². The number of carboxylic acids is 1. The van der Waals surface area contributed by atoms with Gasteiger partial charge >= 0.3 is 5.97 Å². The molecule has 1 fully saturated rings. The van der Waals surface area contributed by atoms with Gasteiger partial charge in [-0.1, -0.05) is 0 Å². The minimum atomic E-state index is -0.692. The van der Waals surface area contributed by atoms with Crippen molar-refractivity contribution < 1.29 is 14.7 Å². The molecule has 0 spiro atoms. The first-order chi connectivity index (χ1) is 7.99. The van der Waals surface area contributed by atoms with Gasteiger partial charge in [0.15, 0.2) is 0 Å². The van der Waals surface area contributed by atoms with Crippen LogP contribution in [0.3, 0.4) is 0 Å². The van der Waals surface area contributed by atoms with E-state index in [9.17, 15) is 9.59 Å². The lowest BCUT2D eigenvalue weighted by Crippen LogP contribution is -2.39. The molecular weight excluding hydrogens is 220 g/mol. The Kier molecular flexibility index (Phi) is 5.41. The molecule has 0 bridgehead atoms. The molecule has 98 valence electrons. The molecule has 1 aliphatic rings. The first-order valence-electron chi connectivity index (χ1n) is 6.23. The van der Waals surface area contributed by atoms with Crippen LogP contribution in [0.4, 0.5) is 0 Å². The number of likely N-dealkylation sites (tertiary alicyclic amines) is 1. The summed E-state index contributed by atoms with van der Waals surface area (Å²) in [6.45, 7) is 6.18. The quantitative estimate of drug-likeness (QED) is 0.744. The number of rotatable bonds is 5. The van der Waals surface area contributed by atoms with Crippen LogP contribution in [0.1, 0.15) is 33.1 Å². The normalized spacial score (nSPS) is 18.3. The number of hydrogen-bond acceptors (Lipinski definition) is 3. The third-order valence-electron chi connectivity index (χ3n) is 3.04. The van der Waals surface area contributed by atoms with Crippen LogP contribution in [0.5, 0.6) is 0 Å². The summed E-state index contributed by atoms with van der Waals surface area (Å²) < 4.78 is 0. The molecule has 0 aromatic rings. The Morgan fingerprint density at radius 3 is 2.41 bits per heavy atom. The first kappa shape index (κ1) is 14.0. The van der Waals surface area contributed by atoms with Gasteiger partial charge in [-0.15, -0.1) is 0 Å². The topological polar surface area (TPSA) is 69.6 Å². The van der Waals surface area contributed by atoms with Gasteiger partial charge in [0.25, 0.3) is 0 Å². The van der Waals surface area contributed by atoms with Crippen molar-refractivity contribution in [2.24, 2.45) is 5.92 Å². The maximum atomic E-state index is 11.4. The van der Waals surface area contributed by atoms with E-state index in [4.69, 9.17) is 5.11 Å². The smallest absolute Gasteiger partial charge is 0.306 e. The van der Waals surface area contributed by atoms with E-state index < -0.39 is 5.97 Å². The van der Waals surface area contributed by atoms with E-state index >= 15 is 0 Å². The first-order valence-corrected chi connectivity index (χ1v) is 6.23. The summed E-state index contributed by atoms with van der Waals surface area (Å²) in [4.78, 5) is 24.4. The number of hydrogen-bond donors (Lipinski definition) is 2. The fourth-order valence-electron chi connectivity index (χ4n) is 2.06. The summed E-state index contributed by atoms with van der Waals surface area (Å²) in [7, 11) is 0. The number of amides is 1. The van der Waals surface area contributed by atoms with E-state index in [0.29, 0.717) is 19.3 Å². The maximum Gasteiger partial charge on any atom is 0.306 e. The molecule has 1 saturated heterocycles. The minimum absolute atomic E-state index is 0.0698. The Labute approximate surface area is 102 Å². The van der Waals surface area contributed by atoms with E-state index in [1.54, 1.807) is 0 Å². The summed E-state index contributed by atoms with van der Waals surface area (Å²) in [6, 6.07) is 0.181. The zero-order chi connectivity index (χ0) is 12.8. The second-order valence-electron chi connectivity index (χ2n) is 4.93. The van der Waals surface area contributed by atoms with Crippen molar-refractivity contribution in [1.82, 2.24) is 10.2 Å². The number of carbonyl (C=O) groups is 2. The Hall–Kier alpha value is -1.10. The van der Waals surface area contributed by atoms with Crippen LogP contribution in [-0.2, 0) is 9.59 Å². The molecular formula is C12H22N2O3. The Bertz CT molecular complexity index is 271.